The van der Waals surface area contributed by atoms with Gasteiger partial charge in [-0.25, -0.2) is 8.42 Å². The van der Waals surface area contributed by atoms with E-state index in [4.69, 9.17) is 10.5 Å². The largest absolute Gasteiger partial charge is 0.230 e. The molecule has 0 aliphatic rings. The van der Waals surface area contributed by atoms with Gasteiger partial charge in [0.25, 0.3) is 0 Å². The van der Waals surface area contributed by atoms with Crippen molar-refractivity contribution in [3.8, 4) is 12.1 Å². The fourth-order valence-electron chi connectivity index (χ4n) is 0.123. The van der Waals surface area contributed by atoms with Crippen molar-refractivity contribution in [3.63, 3.8) is 0 Å². The Bertz CT molecular complexity index is 196. The lowest BCUT2D eigenvalue weighted by Crippen LogP contribution is -2.00. The molecule has 0 aliphatic heterocycles. The average molecular weight is 130 g/mol. The van der Waals surface area contributed by atoms with Crippen LogP contribution >= 0.6 is 0 Å². The van der Waals surface area contributed by atoms with Crippen LogP contribution in [0.15, 0.2) is 0 Å². The highest BCUT2D eigenvalue weighted by Gasteiger charge is 2.04. The van der Waals surface area contributed by atoms with Gasteiger partial charge in [-0.1, -0.05) is 0 Å². The summed E-state index contributed by atoms with van der Waals surface area (Å²) in [6.45, 7) is 0. The smallest absolute Gasteiger partial charge is 0.229 e. The first kappa shape index (κ1) is 6.93. The van der Waals surface area contributed by atoms with Gasteiger partial charge in [0.05, 0.1) is 12.1 Å². The fourth-order valence-corrected chi connectivity index (χ4v) is 0.312. The van der Waals surface area contributed by atoms with Gasteiger partial charge in [0.15, 0.2) is 10.7 Å². The molecule has 0 fully saturated rings. The Labute approximate surface area is 47.9 Å². The summed E-state index contributed by atoms with van der Waals surface area (Å²) in [7, 11) is -2.89. The van der Waals surface area contributed by atoms with E-state index in [1.165, 1.54) is 12.1 Å². The van der Waals surface area contributed by atoms with E-state index in [0.717, 1.165) is 0 Å². The van der Waals surface area contributed by atoms with Crippen LogP contribution in [0.3, 0.4) is 0 Å². The van der Waals surface area contributed by atoms with E-state index >= 15 is 0 Å². The highest BCUT2D eigenvalue weighted by molar-refractivity contribution is 7.73. The lowest BCUT2D eigenvalue weighted by atomic mass is 10.5. The molecule has 0 aromatic carbocycles. The van der Waals surface area contributed by atoms with E-state index < -0.39 is 16.0 Å². The van der Waals surface area contributed by atoms with Crippen molar-refractivity contribution in [1.29, 1.82) is 10.5 Å². The third-order valence-electron chi connectivity index (χ3n) is 0.455. The van der Waals surface area contributed by atoms with Crippen LogP contribution in [0, 0.1) is 22.7 Å². The van der Waals surface area contributed by atoms with Gasteiger partial charge in [-0.05, 0) is 0 Å². The van der Waals surface area contributed by atoms with Crippen LogP contribution in [-0.4, -0.2) is 13.7 Å². The second kappa shape index (κ2) is 3.00. The average Bonchev–Trinajstić information content (AvgIpc) is 1.69. The first-order valence-corrected chi connectivity index (χ1v) is 2.89. The highest BCUT2D eigenvalue weighted by Crippen LogP contribution is 1.80. The monoisotopic (exact) mass is 130 g/mol. The standard InChI is InChI=1S/C3H2N2O2S/c4-1-3(2-5)8(6)7/h3,8H. The Balaban J connectivity index is 4.25. The van der Waals surface area contributed by atoms with E-state index in [9.17, 15) is 8.42 Å². The third kappa shape index (κ3) is 1.59. The van der Waals surface area contributed by atoms with Gasteiger partial charge in [0.1, 0.15) is 0 Å². The predicted octanol–water partition coefficient (Wildman–Crippen LogP) is -0.986. The molecule has 0 bridgehead atoms. The van der Waals surface area contributed by atoms with Gasteiger partial charge in [-0.2, -0.15) is 10.5 Å². The molecule has 0 radical (unpaired) electrons. The second-order valence-electron chi connectivity index (χ2n) is 0.946. The minimum Gasteiger partial charge on any atom is -0.229 e. The zero-order valence-corrected chi connectivity index (χ0v) is 4.63. The van der Waals surface area contributed by atoms with Crippen molar-refractivity contribution in [2.75, 3.05) is 0 Å². The summed E-state index contributed by atoms with van der Waals surface area (Å²) in [5, 5.41) is 14.2. The highest BCUT2D eigenvalue weighted by atomic mass is 32.2. The normalized spacial score (nSPS) is 8.50. The van der Waals surface area contributed by atoms with Gasteiger partial charge in [0.2, 0.25) is 5.25 Å². The van der Waals surface area contributed by atoms with Gasteiger partial charge < -0.3 is 0 Å². The Morgan fingerprint density at radius 3 is 1.62 bits per heavy atom. The summed E-state index contributed by atoms with van der Waals surface area (Å²) in [6.07, 6.45) is 0. The molecule has 42 valence electrons. The van der Waals surface area contributed by atoms with Crippen molar-refractivity contribution < 1.29 is 8.42 Å². The maximum absolute atomic E-state index is 9.75. The number of thiol groups is 1. The van der Waals surface area contributed by atoms with Gasteiger partial charge >= 0.3 is 0 Å². The molecule has 0 saturated carbocycles. The van der Waals surface area contributed by atoms with E-state index in [-0.39, 0.29) is 0 Å². The van der Waals surface area contributed by atoms with Crippen molar-refractivity contribution in [2.45, 2.75) is 5.25 Å². The number of nitriles is 2. The Morgan fingerprint density at radius 1 is 1.25 bits per heavy atom. The number of rotatable bonds is 1. The van der Waals surface area contributed by atoms with E-state index in [1.54, 1.807) is 0 Å². The summed E-state index contributed by atoms with van der Waals surface area (Å²) in [6, 6.07) is 2.59. The summed E-state index contributed by atoms with van der Waals surface area (Å²) < 4.78 is 19.5. The molecule has 5 heteroatoms. The van der Waals surface area contributed by atoms with Crippen LogP contribution in [0.2, 0.25) is 0 Å². The van der Waals surface area contributed by atoms with Gasteiger partial charge in [0, 0.05) is 0 Å². The minimum absolute atomic E-state index is 1.29. The molecule has 0 heterocycles. The van der Waals surface area contributed by atoms with Crippen LogP contribution in [0.25, 0.3) is 0 Å². The molecular weight excluding hydrogens is 128 g/mol. The molecule has 0 saturated heterocycles. The molecular formula is C3H2N2O2S. The Morgan fingerprint density at radius 2 is 1.62 bits per heavy atom. The predicted molar refractivity (Wildman–Crippen MR) is 25.3 cm³/mol. The summed E-state index contributed by atoms with van der Waals surface area (Å²) in [5.41, 5.74) is 0. The quantitative estimate of drug-likeness (QED) is 0.462. The van der Waals surface area contributed by atoms with E-state index in [2.05, 4.69) is 0 Å². The summed E-state index contributed by atoms with van der Waals surface area (Å²) >= 11 is 0. The minimum atomic E-state index is -2.89. The third-order valence-corrected chi connectivity index (χ3v) is 1.11. The zero-order chi connectivity index (χ0) is 6.57. The fraction of sp³-hybridized carbons (Fsp3) is 0.333. The number of hydrogen-bond acceptors (Lipinski definition) is 4. The second-order valence-corrected chi connectivity index (χ2v) is 2.03. The lowest BCUT2D eigenvalue weighted by Gasteiger charge is -1.76. The van der Waals surface area contributed by atoms with Crippen molar-refractivity contribution in [1.82, 2.24) is 0 Å². The van der Waals surface area contributed by atoms with Crippen LogP contribution in [0.1, 0.15) is 0 Å². The lowest BCUT2D eigenvalue weighted by molar-refractivity contribution is 0.614. The van der Waals surface area contributed by atoms with E-state index in [0.29, 0.717) is 0 Å². The molecule has 4 nitrogen and oxygen atoms in total. The molecule has 0 aliphatic carbocycles. The van der Waals surface area contributed by atoms with Crippen LogP contribution < -0.4 is 0 Å². The van der Waals surface area contributed by atoms with Gasteiger partial charge in [-0.3, -0.25) is 0 Å². The van der Waals surface area contributed by atoms with Crippen LogP contribution in [0.5, 0.6) is 0 Å². The first-order valence-electron chi connectivity index (χ1n) is 1.65. The molecule has 0 aromatic rings. The van der Waals surface area contributed by atoms with Crippen molar-refractivity contribution in [2.24, 2.45) is 0 Å². The zero-order valence-electron chi connectivity index (χ0n) is 3.74. The molecule has 0 rings (SSSR count). The molecule has 0 spiro atoms. The molecule has 0 aromatic heterocycles. The SMILES string of the molecule is N#CC(C#N)[SH](=O)=O. The molecule has 0 atom stereocenters. The first-order chi connectivity index (χ1) is 3.72. The number of nitrogens with zero attached hydrogens (tertiary/aromatic N) is 2. The summed E-state index contributed by atoms with van der Waals surface area (Å²) in [5.74, 6) is 0. The van der Waals surface area contributed by atoms with Crippen molar-refractivity contribution in [3.05, 3.63) is 0 Å². The van der Waals surface area contributed by atoms with Crippen molar-refractivity contribution >= 4 is 10.7 Å². The Hall–Kier alpha value is -1.07. The van der Waals surface area contributed by atoms with Crippen LogP contribution in [0.4, 0.5) is 0 Å². The molecule has 0 amide bonds. The topological polar surface area (TPSA) is 81.7 Å². The van der Waals surface area contributed by atoms with Gasteiger partial charge in [-0.15, -0.1) is 0 Å². The summed E-state index contributed by atoms with van der Waals surface area (Å²) in [4.78, 5) is 0. The Kier molecular flexibility index (Phi) is 2.60. The molecule has 8 heavy (non-hydrogen) atoms. The molecule has 0 unspecified atom stereocenters. The maximum Gasteiger partial charge on any atom is 0.230 e. The number of hydrogen-bond donors (Lipinski definition) is 1. The van der Waals surface area contributed by atoms with E-state index in [1.807, 2.05) is 0 Å². The van der Waals surface area contributed by atoms with Crippen LogP contribution in [-0.2, 0) is 10.7 Å². The maximum atomic E-state index is 9.75. The molecule has 0 N–H and O–H groups in total.